The number of amides is 2. The molecule has 2 atom stereocenters. The number of hydrogen-bond acceptors (Lipinski definition) is 5. The highest BCUT2D eigenvalue weighted by atomic mass is 19.1. The fourth-order valence-corrected chi connectivity index (χ4v) is 4.87. The van der Waals surface area contributed by atoms with Gasteiger partial charge >= 0.3 is 5.97 Å². The monoisotopic (exact) mass is 593 g/mol. The van der Waals surface area contributed by atoms with Crippen LogP contribution in [-0.4, -0.2) is 45.1 Å². The van der Waals surface area contributed by atoms with Crippen molar-refractivity contribution >= 4 is 28.7 Å². The average molecular weight is 594 g/mol. The Morgan fingerprint density at radius 2 is 1.36 bits per heavy atom. The van der Waals surface area contributed by atoms with Gasteiger partial charge in [0.25, 0.3) is 5.91 Å². The molecule has 1 heterocycles. The van der Waals surface area contributed by atoms with Gasteiger partial charge in [-0.25, -0.2) is 9.18 Å². The van der Waals surface area contributed by atoms with Gasteiger partial charge in [0.05, 0.1) is 11.2 Å². The molecular formula is C34H28FN3O6. The molecule has 1 aromatic heterocycles. The smallest absolute Gasteiger partial charge is 0.326 e. The second-order valence-corrected chi connectivity index (χ2v) is 10.2. The lowest BCUT2D eigenvalue weighted by atomic mass is 10.0. The van der Waals surface area contributed by atoms with Gasteiger partial charge in [0.2, 0.25) is 11.3 Å². The third kappa shape index (κ3) is 6.81. The molecule has 4 aromatic carbocycles. The van der Waals surface area contributed by atoms with E-state index >= 15 is 0 Å². The number of carbonyl (C=O) groups excluding carboxylic acids is 2. The van der Waals surface area contributed by atoms with E-state index in [0.717, 1.165) is 11.1 Å². The Morgan fingerprint density at radius 3 is 1.95 bits per heavy atom. The summed E-state index contributed by atoms with van der Waals surface area (Å²) in [7, 11) is 0. The second kappa shape index (κ2) is 13.0. The number of carbonyl (C=O) groups is 3. The van der Waals surface area contributed by atoms with Crippen molar-refractivity contribution in [2.24, 2.45) is 0 Å². The number of aromatic hydroxyl groups is 1. The maximum atomic E-state index is 13.5. The van der Waals surface area contributed by atoms with Gasteiger partial charge < -0.3 is 25.8 Å². The van der Waals surface area contributed by atoms with E-state index in [-0.39, 0.29) is 35.0 Å². The van der Waals surface area contributed by atoms with Crippen molar-refractivity contribution < 1.29 is 29.0 Å². The molecule has 0 aliphatic carbocycles. The second-order valence-electron chi connectivity index (χ2n) is 10.2. The van der Waals surface area contributed by atoms with Crippen molar-refractivity contribution in [2.75, 3.05) is 0 Å². The Bertz CT molecular complexity index is 1880. The van der Waals surface area contributed by atoms with Gasteiger partial charge in [0.15, 0.2) is 5.75 Å². The van der Waals surface area contributed by atoms with Crippen LogP contribution in [0.2, 0.25) is 0 Å². The maximum Gasteiger partial charge on any atom is 0.326 e. The van der Waals surface area contributed by atoms with Gasteiger partial charge in [-0.1, -0.05) is 60.7 Å². The lowest BCUT2D eigenvalue weighted by Gasteiger charge is -2.22. The first-order chi connectivity index (χ1) is 21.2. The van der Waals surface area contributed by atoms with Crippen LogP contribution in [-0.2, 0) is 22.4 Å². The van der Waals surface area contributed by atoms with E-state index in [2.05, 4.69) is 15.6 Å². The van der Waals surface area contributed by atoms with Crippen molar-refractivity contribution in [2.45, 2.75) is 24.9 Å². The number of hydrogen-bond donors (Lipinski definition) is 5. The fourth-order valence-electron chi connectivity index (χ4n) is 4.87. The number of aliphatic carboxylic acids is 1. The summed E-state index contributed by atoms with van der Waals surface area (Å²) in [5.74, 6) is -3.58. The molecule has 0 bridgehead atoms. The highest BCUT2D eigenvalue weighted by Gasteiger charge is 2.27. The van der Waals surface area contributed by atoms with Crippen LogP contribution in [0.25, 0.3) is 22.2 Å². The molecule has 5 aromatic rings. The van der Waals surface area contributed by atoms with E-state index in [1.54, 1.807) is 54.6 Å². The largest absolute Gasteiger partial charge is 0.503 e. The maximum absolute atomic E-state index is 13.5. The van der Waals surface area contributed by atoms with Crippen LogP contribution in [0.15, 0.2) is 108 Å². The summed E-state index contributed by atoms with van der Waals surface area (Å²) in [6.07, 6.45) is 0.137. The Hall–Kier alpha value is -5.77. The van der Waals surface area contributed by atoms with Crippen molar-refractivity contribution in [3.05, 3.63) is 136 Å². The number of fused-ring (bicyclic) bond motifs is 1. The first-order valence-electron chi connectivity index (χ1n) is 13.8. The quantitative estimate of drug-likeness (QED) is 0.164. The van der Waals surface area contributed by atoms with Crippen LogP contribution in [0.1, 0.15) is 21.5 Å². The first kappa shape index (κ1) is 29.7. The molecule has 0 aliphatic heterocycles. The number of carboxylic acid groups (broad SMARTS) is 1. The Balaban J connectivity index is 1.43. The molecule has 0 aliphatic rings. The average Bonchev–Trinajstić information content (AvgIpc) is 3.03. The Labute approximate surface area is 251 Å². The molecule has 0 fully saturated rings. The van der Waals surface area contributed by atoms with Crippen molar-refractivity contribution in [1.29, 1.82) is 0 Å². The SMILES string of the molecule is O=C(NC(Cc1ccccc1)C(=O)NC(Cc1ccccc1)C(=O)O)c1ccc2c(=O)c(O)c(-c3ccc(F)cc3)[nH]c2c1. The molecule has 10 heteroatoms. The van der Waals surface area contributed by atoms with Gasteiger partial charge in [-0.2, -0.15) is 0 Å². The van der Waals surface area contributed by atoms with Crippen LogP contribution in [0.3, 0.4) is 0 Å². The minimum absolute atomic E-state index is 0.0508. The lowest BCUT2D eigenvalue weighted by molar-refractivity contribution is -0.142. The summed E-state index contributed by atoms with van der Waals surface area (Å²) in [5, 5.41) is 25.7. The van der Waals surface area contributed by atoms with Crippen LogP contribution in [0.4, 0.5) is 4.39 Å². The summed E-state index contributed by atoms with van der Waals surface area (Å²) in [6.45, 7) is 0. The van der Waals surface area contributed by atoms with Gasteiger partial charge in [-0.15, -0.1) is 0 Å². The molecule has 222 valence electrons. The molecule has 2 unspecified atom stereocenters. The van der Waals surface area contributed by atoms with E-state index in [1.807, 2.05) is 6.07 Å². The molecule has 9 nitrogen and oxygen atoms in total. The Kier molecular flexibility index (Phi) is 8.80. The van der Waals surface area contributed by atoms with E-state index in [0.29, 0.717) is 5.56 Å². The van der Waals surface area contributed by atoms with E-state index < -0.39 is 46.9 Å². The fraction of sp³-hybridized carbons (Fsp3) is 0.118. The van der Waals surface area contributed by atoms with E-state index in [9.17, 15) is 33.8 Å². The number of pyridine rings is 1. The Morgan fingerprint density at radius 1 is 0.773 bits per heavy atom. The molecule has 5 rings (SSSR count). The number of nitrogens with one attached hydrogen (secondary N) is 3. The summed E-state index contributed by atoms with van der Waals surface area (Å²) < 4.78 is 13.4. The zero-order valence-corrected chi connectivity index (χ0v) is 23.3. The number of carboxylic acids is 1. The van der Waals surface area contributed by atoms with Crippen LogP contribution < -0.4 is 16.1 Å². The lowest BCUT2D eigenvalue weighted by Crippen LogP contribution is -2.53. The molecule has 0 saturated carbocycles. The predicted octanol–water partition coefficient (Wildman–Crippen LogP) is 4.19. The summed E-state index contributed by atoms with van der Waals surface area (Å²) in [4.78, 5) is 54.8. The summed E-state index contributed by atoms with van der Waals surface area (Å²) in [5.41, 5.74) is 1.54. The third-order valence-electron chi connectivity index (χ3n) is 7.17. The van der Waals surface area contributed by atoms with Gasteiger partial charge in [-0.05, 0) is 53.6 Å². The zero-order chi connectivity index (χ0) is 31.2. The minimum Gasteiger partial charge on any atom is -0.503 e. The topological polar surface area (TPSA) is 149 Å². The number of benzene rings is 4. The molecule has 0 radical (unpaired) electrons. The number of aromatic amines is 1. The van der Waals surface area contributed by atoms with Gasteiger partial charge in [0, 0.05) is 29.4 Å². The normalized spacial score (nSPS) is 12.3. The van der Waals surface area contributed by atoms with Gasteiger partial charge in [0.1, 0.15) is 17.9 Å². The van der Waals surface area contributed by atoms with Crippen LogP contribution in [0, 0.1) is 5.82 Å². The van der Waals surface area contributed by atoms with Crippen LogP contribution >= 0.6 is 0 Å². The molecular weight excluding hydrogens is 565 g/mol. The number of aromatic nitrogens is 1. The van der Waals surface area contributed by atoms with Crippen molar-refractivity contribution in [3.8, 4) is 17.0 Å². The minimum atomic E-state index is -1.23. The third-order valence-corrected chi connectivity index (χ3v) is 7.17. The molecule has 44 heavy (non-hydrogen) atoms. The highest BCUT2D eigenvalue weighted by Crippen LogP contribution is 2.27. The van der Waals surface area contributed by atoms with E-state index in [1.165, 1.54) is 42.5 Å². The number of halogens is 1. The molecule has 0 saturated heterocycles. The zero-order valence-electron chi connectivity index (χ0n) is 23.3. The molecule has 5 N–H and O–H groups in total. The number of H-pyrrole nitrogens is 1. The van der Waals surface area contributed by atoms with Gasteiger partial charge in [-0.3, -0.25) is 14.4 Å². The van der Waals surface area contributed by atoms with E-state index in [4.69, 9.17) is 0 Å². The highest BCUT2D eigenvalue weighted by molar-refractivity contribution is 6.01. The van der Waals surface area contributed by atoms with Crippen molar-refractivity contribution in [1.82, 2.24) is 15.6 Å². The van der Waals surface area contributed by atoms with Crippen molar-refractivity contribution in [3.63, 3.8) is 0 Å². The summed E-state index contributed by atoms with van der Waals surface area (Å²) in [6, 6.07) is 24.8. The first-order valence-corrected chi connectivity index (χ1v) is 13.8. The predicted molar refractivity (Wildman–Crippen MR) is 163 cm³/mol. The molecule has 2 amide bonds. The summed E-state index contributed by atoms with van der Waals surface area (Å²) >= 11 is 0. The number of rotatable bonds is 10. The standard InChI is InChI=1S/C34H28FN3O6/c35-24-14-11-22(12-15-24)29-31(40)30(39)25-16-13-23(19-26(25)36-29)32(41)37-27(17-20-7-3-1-4-8-20)33(42)38-28(34(43)44)18-21-9-5-2-6-10-21/h1-16,19,27-28,40H,17-18H2,(H,36,39)(H,37,41)(H,38,42)(H,43,44). The van der Waals surface area contributed by atoms with Crippen LogP contribution in [0.5, 0.6) is 5.75 Å². The molecule has 0 spiro atoms.